The number of pyridine rings is 1. The molecule has 8 heteroatoms. The molecule has 2 unspecified atom stereocenters. The fraction of sp³-hybridized carbons (Fsp3) is 0.452. The highest BCUT2D eigenvalue weighted by Gasteiger charge is 2.33. The van der Waals surface area contributed by atoms with Crippen LogP contribution in [0.2, 0.25) is 0 Å². The van der Waals surface area contributed by atoms with E-state index < -0.39 is 0 Å². The van der Waals surface area contributed by atoms with Crippen LogP contribution in [0.25, 0.3) is 17.1 Å². The maximum atomic E-state index is 13.0. The van der Waals surface area contributed by atoms with Gasteiger partial charge in [0, 0.05) is 35.4 Å². The zero-order valence-electron chi connectivity index (χ0n) is 23.6. The summed E-state index contributed by atoms with van der Waals surface area (Å²) in [6.45, 7) is 8.67. The van der Waals surface area contributed by atoms with Gasteiger partial charge in [0.15, 0.2) is 11.5 Å². The number of carbonyl (C=O) groups excluding carboxylic acids is 1. The van der Waals surface area contributed by atoms with E-state index in [0.717, 1.165) is 64.9 Å². The second kappa shape index (κ2) is 10.4. The van der Waals surface area contributed by atoms with Crippen LogP contribution in [0.15, 0.2) is 24.3 Å². The molecule has 1 saturated heterocycles. The standard InChI is InChI=1S/C31H36N4O4/c1-18-15-19(2)33-30-28(18)23(17-32)25(10-12-27(36)34-20-13-14-39-31(3,4)16-20)35(30)24-9-7-22-21(24)8-11-26(37-5)29(22)38-6/h8,10-12,15,20,24H,7,9,13-14,16H2,1-6H3,(H,34,36)/b12-10+. The summed E-state index contributed by atoms with van der Waals surface area (Å²) < 4.78 is 19.2. The molecule has 1 aliphatic heterocycles. The van der Waals surface area contributed by atoms with Gasteiger partial charge in [-0.1, -0.05) is 6.07 Å². The minimum Gasteiger partial charge on any atom is -0.493 e. The van der Waals surface area contributed by atoms with Gasteiger partial charge in [-0.2, -0.15) is 5.26 Å². The number of amides is 1. The Morgan fingerprint density at radius 3 is 2.74 bits per heavy atom. The monoisotopic (exact) mass is 528 g/mol. The topological polar surface area (TPSA) is 98.4 Å². The van der Waals surface area contributed by atoms with Gasteiger partial charge in [0.1, 0.15) is 11.7 Å². The Kier molecular flexibility index (Phi) is 7.13. The van der Waals surface area contributed by atoms with Crippen molar-refractivity contribution in [2.24, 2.45) is 0 Å². The number of methoxy groups -OCH3 is 2. The van der Waals surface area contributed by atoms with E-state index in [0.29, 0.717) is 23.6 Å². The Hall–Kier alpha value is -3.83. The van der Waals surface area contributed by atoms with Crippen LogP contribution in [0.5, 0.6) is 11.5 Å². The Balaban J connectivity index is 1.60. The van der Waals surface area contributed by atoms with Crippen molar-refractivity contribution in [3.63, 3.8) is 0 Å². The van der Waals surface area contributed by atoms with Crippen LogP contribution in [0.4, 0.5) is 0 Å². The average molecular weight is 529 g/mol. The number of fused-ring (bicyclic) bond motifs is 2. The van der Waals surface area contributed by atoms with Crippen molar-refractivity contribution >= 4 is 23.0 Å². The first-order chi connectivity index (χ1) is 18.7. The zero-order valence-corrected chi connectivity index (χ0v) is 23.6. The number of aromatic nitrogens is 2. The first kappa shape index (κ1) is 26.8. The van der Waals surface area contributed by atoms with Crippen LogP contribution in [0, 0.1) is 25.2 Å². The molecular formula is C31H36N4O4. The summed E-state index contributed by atoms with van der Waals surface area (Å²) in [5.41, 5.74) is 5.78. The number of hydrogen-bond acceptors (Lipinski definition) is 6. The number of nitrogens with zero attached hydrogens (tertiary/aromatic N) is 3. The fourth-order valence-electron chi connectivity index (χ4n) is 6.30. The third-order valence-corrected chi connectivity index (χ3v) is 7.89. The predicted molar refractivity (Wildman–Crippen MR) is 150 cm³/mol. The zero-order chi connectivity index (χ0) is 27.9. The molecule has 1 aromatic carbocycles. The molecule has 1 aliphatic carbocycles. The summed E-state index contributed by atoms with van der Waals surface area (Å²) in [7, 11) is 3.30. The number of aryl methyl sites for hydroxylation is 2. The number of rotatable bonds is 6. The molecule has 0 bridgehead atoms. The molecule has 0 spiro atoms. The minimum absolute atomic E-state index is 0.0444. The quantitative estimate of drug-likeness (QED) is 0.444. The van der Waals surface area contributed by atoms with Gasteiger partial charge in [0.2, 0.25) is 5.91 Å². The summed E-state index contributed by atoms with van der Waals surface area (Å²) >= 11 is 0. The van der Waals surface area contributed by atoms with Gasteiger partial charge in [0.05, 0.1) is 37.1 Å². The summed E-state index contributed by atoms with van der Waals surface area (Å²) in [6.07, 6.45) is 6.46. The van der Waals surface area contributed by atoms with Crippen molar-refractivity contribution in [3.05, 3.63) is 57.9 Å². The molecule has 3 heterocycles. The number of carbonyl (C=O) groups is 1. The lowest BCUT2D eigenvalue weighted by Gasteiger charge is -2.35. The molecule has 5 rings (SSSR count). The predicted octanol–water partition coefficient (Wildman–Crippen LogP) is 5.16. The van der Waals surface area contributed by atoms with Crippen LogP contribution >= 0.6 is 0 Å². The molecule has 8 nitrogen and oxygen atoms in total. The summed E-state index contributed by atoms with van der Waals surface area (Å²) in [5, 5.41) is 14.3. The molecule has 2 aliphatic rings. The van der Waals surface area contributed by atoms with E-state index in [9.17, 15) is 10.1 Å². The van der Waals surface area contributed by atoms with Crippen molar-refractivity contribution in [1.29, 1.82) is 5.26 Å². The molecular weight excluding hydrogens is 492 g/mol. The van der Waals surface area contributed by atoms with Gasteiger partial charge in [-0.15, -0.1) is 0 Å². The summed E-state index contributed by atoms with van der Waals surface area (Å²) in [6, 6.07) is 8.38. The highest BCUT2D eigenvalue weighted by atomic mass is 16.5. The lowest BCUT2D eigenvalue weighted by Crippen LogP contribution is -2.45. The Morgan fingerprint density at radius 2 is 2.05 bits per heavy atom. The molecule has 0 radical (unpaired) electrons. The number of ether oxygens (including phenoxy) is 3. The van der Waals surface area contributed by atoms with Crippen molar-refractivity contribution in [2.45, 2.75) is 71.1 Å². The molecule has 0 saturated carbocycles. The van der Waals surface area contributed by atoms with Gasteiger partial charge in [0.25, 0.3) is 0 Å². The van der Waals surface area contributed by atoms with Crippen LogP contribution < -0.4 is 14.8 Å². The third-order valence-electron chi connectivity index (χ3n) is 7.89. The van der Waals surface area contributed by atoms with Crippen molar-refractivity contribution in [3.8, 4) is 17.6 Å². The molecule has 2 aromatic heterocycles. The molecule has 3 aromatic rings. The molecule has 39 heavy (non-hydrogen) atoms. The Labute approximate surface area is 229 Å². The number of nitriles is 1. The largest absolute Gasteiger partial charge is 0.493 e. The SMILES string of the molecule is COc1ccc2c(c1OC)CCC2n1c(/C=C/C(=O)NC2CCOC(C)(C)C2)c(C#N)c2c(C)cc(C)nc21. The van der Waals surface area contributed by atoms with E-state index >= 15 is 0 Å². The number of benzene rings is 1. The normalized spacial score (nSPS) is 20.1. The third kappa shape index (κ3) is 4.87. The number of nitrogens with one attached hydrogen (secondary N) is 1. The van der Waals surface area contributed by atoms with Gasteiger partial charge < -0.3 is 24.1 Å². The first-order valence-electron chi connectivity index (χ1n) is 13.5. The Bertz CT molecular complexity index is 1510. The van der Waals surface area contributed by atoms with Gasteiger partial charge in [-0.05, 0) is 82.7 Å². The van der Waals surface area contributed by atoms with E-state index in [1.165, 1.54) is 0 Å². The van der Waals surface area contributed by atoms with Crippen LogP contribution in [-0.2, 0) is 16.0 Å². The lowest BCUT2D eigenvalue weighted by atomic mass is 9.94. The molecule has 2 atom stereocenters. The van der Waals surface area contributed by atoms with Crippen molar-refractivity contribution in [2.75, 3.05) is 20.8 Å². The lowest BCUT2D eigenvalue weighted by molar-refractivity contribution is -0.119. The van der Waals surface area contributed by atoms with Gasteiger partial charge >= 0.3 is 0 Å². The highest BCUT2D eigenvalue weighted by Crippen LogP contribution is 2.46. The minimum atomic E-state index is -0.263. The fourth-order valence-corrected chi connectivity index (χ4v) is 6.30. The number of hydrogen-bond donors (Lipinski definition) is 1. The van der Waals surface area contributed by atoms with E-state index in [4.69, 9.17) is 19.2 Å². The molecule has 204 valence electrons. The first-order valence-corrected chi connectivity index (χ1v) is 13.5. The van der Waals surface area contributed by atoms with E-state index in [-0.39, 0.29) is 23.6 Å². The van der Waals surface area contributed by atoms with Crippen molar-refractivity contribution < 1.29 is 19.0 Å². The van der Waals surface area contributed by atoms with E-state index in [1.807, 2.05) is 39.8 Å². The molecule has 1 fully saturated rings. The van der Waals surface area contributed by atoms with Crippen LogP contribution in [0.3, 0.4) is 0 Å². The highest BCUT2D eigenvalue weighted by molar-refractivity contribution is 5.96. The van der Waals surface area contributed by atoms with E-state index in [1.54, 1.807) is 26.4 Å². The summed E-state index contributed by atoms with van der Waals surface area (Å²) in [5.74, 6) is 1.26. The van der Waals surface area contributed by atoms with Crippen molar-refractivity contribution in [1.82, 2.24) is 14.9 Å². The van der Waals surface area contributed by atoms with Gasteiger partial charge in [-0.3, -0.25) is 4.79 Å². The summed E-state index contributed by atoms with van der Waals surface area (Å²) in [4.78, 5) is 17.9. The maximum Gasteiger partial charge on any atom is 0.244 e. The molecule has 1 amide bonds. The molecule has 1 N–H and O–H groups in total. The van der Waals surface area contributed by atoms with Crippen LogP contribution in [0.1, 0.15) is 72.8 Å². The smallest absolute Gasteiger partial charge is 0.244 e. The Morgan fingerprint density at radius 1 is 1.26 bits per heavy atom. The van der Waals surface area contributed by atoms with E-state index in [2.05, 4.69) is 22.0 Å². The second-order valence-corrected chi connectivity index (χ2v) is 11.1. The second-order valence-electron chi connectivity index (χ2n) is 11.1. The van der Waals surface area contributed by atoms with Gasteiger partial charge in [-0.25, -0.2) is 4.98 Å². The maximum absolute atomic E-state index is 13.0. The van der Waals surface area contributed by atoms with Crippen LogP contribution in [-0.4, -0.2) is 47.9 Å². The average Bonchev–Trinajstić information content (AvgIpc) is 3.44.